The number of nitrogens with zero attached hydrogens (tertiary/aromatic N) is 1. The van der Waals surface area contributed by atoms with Crippen LogP contribution in [0.5, 0.6) is 0 Å². The van der Waals surface area contributed by atoms with Crippen LogP contribution in [-0.4, -0.2) is 4.98 Å². The average Bonchev–Trinajstić information content (AvgIpc) is 2.59. The first-order chi connectivity index (χ1) is 8.74. The van der Waals surface area contributed by atoms with E-state index in [9.17, 15) is 0 Å². The van der Waals surface area contributed by atoms with Crippen LogP contribution in [0, 0.1) is 0 Å². The molecule has 0 spiro atoms. The van der Waals surface area contributed by atoms with Crippen molar-refractivity contribution in [2.45, 2.75) is 44.4 Å². The van der Waals surface area contributed by atoms with Crippen molar-refractivity contribution < 1.29 is 4.42 Å². The van der Waals surface area contributed by atoms with E-state index >= 15 is 0 Å². The molecule has 1 aromatic heterocycles. The standard InChI is InChI=1S/C14H17BrN2O/c15-10-7-11(16)13-12(8-10)17-14(18-13)9-5-3-1-2-4-6-9/h7-9H,1-6,16H2. The Labute approximate surface area is 115 Å². The molecule has 1 aliphatic carbocycles. The Morgan fingerprint density at radius 1 is 1.17 bits per heavy atom. The number of oxazole rings is 1. The third kappa shape index (κ3) is 2.26. The molecule has 0 atom stereocenters. The summed E-state index contributed by atoms with van der Waals surface area (Å²) in [5.41, 5.74) is 8.22. The van der Waals surface area contributed by atoms with Gasteiger partial charge in [0, 0.05) is 10.4 Å². The van der Waals surface area contributed by atoms with Gasteiger partial charge in [-0.2, -0.15) is 0 Å². The van der Waals surface area contributed by atoms with E-state index in [0.29, 0.717) is 11.6 Å². The number of anilines is 1. The lowest BCUT2D eigenvalue weighted by Crippen LogP contribution is -1.96. The summed E-state index contributed by atoms with van der Waals surface area (Å²) >= 11 is 3.44. The lowest BCUT2D eigenvalue weighted by atomic mass is 10.0. The SMILES string of the molecule is Nc1cc(Br)cc2nc(C3CCCCCC3)oc12. The molecule has 0 saturated heterocycles. The fourth-order valence-electron chi connectivity index (χ4n) is 2.74. The molecule has 4 heteroatoms. The lowest BCUT2D eigenvalue weighted by Gasteiger charge is -2.08. The predicted octanol–water partition coefficient (Wildman–Crippen LogP) is 4.61. The van der Waals surface area contributed by atoms with Gasteiger partial charge >= 0.3 is 0 Å². The van der Waals surface area contributed by atoms with E-state index in [1.54, 1.807) is 0 Å². The van der Waals surface area contributed by atoms with Crippen LogP contribution in [0.4, 0.5) is 5.69 Å². The van der Waals surface area contributed by atoms with E-state index in [1.807, 2.05) is 12.1 Å². The van der Waals surface area contributed by atoms with Gasteiger partial charge in [0.2, 0.25) is 0 Å². The first kappa shape index (κ1) is 12.0. The van der Waals surface area contributed by atoms with Crippen LogP contribution >= 0.6 is 15.9 Å². The topological polar surface area (TPSA) is 52.0 Å². The quantitative estimate of drug-likeness (QED) is 0.618. The number of nitrogens with two attached hydrogens (primary N) is 1. The molecule has 3 nitrogen and oxygen atoms in total. The summed E-state index contributed by atoms with van der Waals surface area (Å²) in [5, 5.41) is 0. The van der Waals surface area contributed by atoms with Crippen LogP contribution in [0.1, 0.15) is 50.3 Å². The monoisotopic (exact) mass is 308 g/mol. The van der Waals surface area contributed by atoms with Gasteiger partial charge in [0.15, 0.2) is 11.5 Å². The molecular weight excluding hydrogens is 292 g/mol. The molecule has 1 fully saturated rings. The molecule has 3 rings (SSSR count). The summed E-state index contributed by atoms with van der Waals surface area (Å²) in [5.74, 6) is 1.34. The zero-order valence-electron chi connectivity index (χ0n) is 10.3. The van der Waals surface area contributed by atoms with Crippen molar-refractivity contribution in [3.63, 3.8) is 0 Å². The first-order valence-corrected chi connectivity index (χ1v) is 7.39. The molecule has 2 N–H and O–H groups in total. The van der Waals surface area contributed by atoms with Crippen molar-refractivity contribution in [2.24, 2.45) is 0 Å². The number of rotatable bonds is 1. The minimum atomic E-state index is 0.470. The number of fused-ring (bicyclic) bond motifs is 1. The summed E-state index contributed by atoms with van der Waals surface area (Å²) in [6.07, 6.45) is 7.61. The highest BCUT2D eigenvalue weighted by molar-refractivity contribution is 9.10. The van der Waals surface area contributed by atoms with Crippen LogP contribution < -0.4 is 5.73 Å². The Morgan fingerprint density at radius 3 is 2.61 bits per heavy atom. The first-order valence-electron chi connectivity index (χ1n) is 6.59. The van der Waals surface area contributed by atoms with E-state index in [0.717, 1.165) is 21.5 Å². The van der Waals surface area contributed by atoms with Gasteiger partial charge in [-0.05, 0) is 25.0 Å². The molecule has 18 heavy (non-hydrogen) atoms. The second-order valence-electron chi connectivity index (χ2n) is 5.08. The smallest absolute Gasteiger partial charge is 0.198 e. The lowest BCUT2D eigenvalue weighted by molar-refractivity contribution is 0.439. The molecule has 0 radical (unpaired) electrons. The maximum Gasteiger partial charge on any atom is 0.198 e. The van der Waals surface area contributed by atoms with Crippen molar-refractivity contribution in [3.8, 4) is 0 Å². The Bertz CT molecular complexity index is 556. The molecule has 96 valence electrons. The second-order valence-corrected chi connectivity index (χ2v) is 6.00. The summed E-state index contributed by atoms with van der Waals surface area (Å²) in [7, 11) is 0. The second kappa shape index (κ2) is 4.92. The van der Waals surface area contributed by atoms with Crippen LogP contribution in [-0.2, 0) is 0 Å². The molecule has 0 aliphatic heterocycles. The number of hydrogen-bond donors (Lipinski definition) is 1. The Kier molecular flexibility index (Phi) is 3.29. The number of aromatic nitrogens is 1. The van der Waals surface area contributed by atoms with Gasteiger partial charge in [0.1, 0.15) is 5.52 Å². The van der Waals surface area contributed by atoms with Crippen LogP contribution in [0.15, 0.2) is 21.0 Å². The van der Waals surface area contributed by atoms with Crippen LogP contribution in [0.2, 0.25) is 0 Å². The van der Waals surface area contributed by atoms with Gasteiger partial charge in [-0.3, -0.25) is 0 Å². The van der Waals surface area contributed by atoms with E-state index in [1.165, 1.54) is 38.5 Å². The molecule has 0 amide bonds. The third-order valence-electron chi connectivity index (χ3n) is 3.70. The molecule has 1 aromatic carbocycles. The van der Waals surface area contributed by atoms with Gasteiger partial charge < -0.3 is 10.2 Å². The van der Waals surface area contributed by atoms with Gasteiger partial charge in [-0.1, -0.05) is 41.6 Å². The number of benzene rings is 1. The van der Waals surface area contributed by atoms with E-state index in [4.69, 9.17) is 10.2 Å². The minimum absolute atomic E-state index is 0.470. The van der Waals surface area contributed by atoms with Gasteiger partial charge in [-0.25, -0.2) is 4.98 Å². The zero-order valence-corrected chi connectivity index (χ0v) is 11.9. The maximum absolute atomic E-state index is 5.97. The number of hydrogen-bond acceptors (Lipinski definition) is 3. The molecule has 1 aliphatic rings. The molecule has 1 heterocycles. The maximum atomic E-state index is 5.97. The normalized spacial score (nSPS) is 18.1. The number of nitrogen functional groups attached to an aromatic ring is 1. The van der Waals surface area contributed by atoms with Crippen molar-refractivity contribution in [3.05, 3.63) is 22.5 Å². The van der Waals surface area contributed by atoms with Crippen LogP contribution in [0.3, 0.4) is 0 Å². The summed E-state index contributed by atoms with van der Waals surface area (Å²) in [6, 6.07) is 3.83. The number of halogens is 1. The Balaban J connectivity index is 1.99. The summed E-state index contributed by atoms with van der Waals surface area (Å²) in [6.45, 7) is 0. The largest absolute Gasteiger partial charge is 0.438 e. The fourth-order valence-corrected chi connectivity index (χ4v) is 3.20. The minimum Gasteiger partial charge on any atom is -0.438 e. The predicted molar refractivity (Wildman–Crippen MR) is 76.6 cm³/mol. The average molecular weight is 309 g/mol. The van der Waals surface area contributed by atoms with Gasteiger partial charge in [0.25, 0.3) is 0 Å². The highest BCUT2D eigenvalue weighted by Crippen LogP contribution is 2.35. The van der Waals surface area contributed by atoms with Crippen molar-refractivity contribution in [1.82, 2.24) is 4.98 Å². The van der Waals surface area contributed by atoms with Gasteiger partial charge in [0.05, 0.1) is 5.69 Å². The van der Waals surface area contributed by atoms with E-state index in [-0.39, 0.29) is 0 Å². The molecular formula is C14H17BrN2O. The van der Waals surface area contributed by atoms with E-state index in [2.05, 4.69) is 20.9 Å². The summed E-state index contributed by atoms with van der Waals surface area (Å²) in [4.78, 5) is 4.62. The highest BCUT2D eigenvalue weighted by Gasteiger charge is 2.20. The Hall–Kier alpha value is -1.03. The Morgan fingerprint density at radius 2 is 1.89 bits per heavy atom. The van der Waals surface area contributed by atoms with Crippen LogP contribution in [0.25, 0.3) is 11.1 Å². The zero-order chi connectivity index (χ0) is 12.5. The molecule has 1 saturated carbocycles. The van der Waals surface area contributed by atoms with Crippen molar-refractivity contribution >= 4 is 32.7 Å². The summed E-state index contributed by atoms with van der Waals surface area (Å²) < 4.78 is 6.84. The van der Waals surface area contributed by atoms with E-state index < -0.39 is 0 Å². The highest BCUT2D eigenvalue weighted by atomic mass is 79.9. The molecule has 0 unspecified atom stereocenters. The molecule has 0 bridgehead atoms. The third-order valence-corrected chi connectivity index (χ3v) is 4.16. The van der Waals surface area contributed by atoms with Crippen molar-refractivity contribution in [1.29, 1.82) is 0 Å². The van der Waals surface area contributed by atoms with Gasteiger partial charge in [-0.15, -0.1) is 0 Å². The fraction of sp³-hybridized carbons (Fsp3) is 0.500. The molecule has 2 aromatic rings. The van der Waals surface area contributed by atoms with Crippen molar-refractivity contribution in [2.75, 3.05) is 5.73 Å².